The molecule has 0 aliphatic heterocycles. The average Bonchev–Trinajstić information content (AvgIpc) is 2.46. The summed E-state index contributed by atoms with van der Waals surface area (Å²) >= 11 is 6.04. The minimum absolute atomic E-state index is 0.0704. The minimum atomic E-state index is 0.0704. The van der Waals surface area contributed by atoms with Crippen LogP contribution >= 0.6 is 11.6 Å². The van der Waals surface area contributed by atoms with Crippen molar-refractivity contribution < 1.29 is 4.74 Å². The van der Waals surface area contributed by atoms with Gasteiger partial charge in [0.05, 0.1) is 18.8 Å². The van der Waals surface area contributed by atoms with Gasteiger partial charge < -0.3 is 10.1 Å². The van der Waals surface area contributed by atoms with E-state index in [9.17, 15) is 0 Å². The Morgan fingerprint density at radius 2 is 2.21 bits per heavy atom. The molecule has 19 heavy (non-hydrogen) atoms. The highest BCUT2D eigenvalue weighted by atomic mass is 35.5. The molecule has 1 aromatic heterocycles. The van der Waals surface area contributed by atoms with E-state index in [1.54, 1.807) is 25.7 Å². The highest BCUT2D eigenvalue weighted by molar-refractivity contribution is 6.30. The van der Waals surface area contributed by atoms with Crippen molar-refractivity contribution in [2.75, 3.05) is 14.2 Å². The highest BCUT2D eigenvalue weighted by Crippen LogP contribution is 2.26. The lowest BCUT2D eigenvalue weighted by atomic mass is 10.0. The number of benzene rings is 1. The number of halogens is 1. The van der Waals surface area contributed by atoms with Gasteiger partial charge in [-0.25, -0.2) is 0 Å². The molecule has 1 unspecified atom stereocenters. The third-order valence-electron chi connectivity index (χ3n) is 2.96. The van der Waals surface area contributed by atoms with E-state index < -0.39 is 0 Å². The van der Waals surface area contributed by atoms with Crippen molar-refractivity contribution in [2.24, 2.45) is 0 Å². The van der Waals surface area contributed by atoms with E-state index in [4.69, 9.17) is 16.3 Å². The number of hydrogen-bond donors (Lipinski definition) is 1. The van der Waals surface area contributed by atoms with Gasteiger partial charge in [0.15, 0.2) is 0 Å². The molecule has 0 bridgehead atoms. The summed E-state index contributed by atoms with van der Waals surface area (Å²) in [7, 11) is 3.56. The van der Waals surface area contributed by atoms with Gasteiger partial charge in [-0.2, -0.15) is 0 Å². The largest absolute Gasteiger partial charge is 0.496 e. The van der Waals surface area contributed by atoms with Crippen molar-refractivity contribution in [1.29, 1.82) is 0 Å². The lowest BCUT2D eigenvalue weighted by molar-refractivity contribution is 0.406. The van der Waals surface area contributed by atoms with Crippen molar-refractivity contribution in [2.45, 2.75) is 12.5 Å². The molecule has 1 atom stereocenters. The molecule has 0 amide bonds. The Hall–Kier alpha value is -1.65. The molecule has 1 heterocycles. The first kappa shape index (κ1) is 13.8. The van der Waals surface area contributed by atoms with Gasteiger partial charge in [-0.15, -0.1) is 0 Å². The van der Waals surface area contributed by atoms with Gasteiger partial charge in [0, 0.05) is 23.6 Å². The maximum Gasteiger partial charge on any atom is 0.122 e. The molecule has 0 radical (unpaired) electrons. The zero-order chi connectivity index (χ0) is 13.7. The van der Waals surface area contributed by atoms with Crippen LogP contribution in [-0.2, 0) is 6.42 Å². The molecular weight excluding hydrogens is 262 g/mol. The Morgan fingerprint density at radius 3 is 2.84 bits per heavy atom. The van der Waals surface area contributed by atoms with Crippen LogP contribution in [0.3, 0.4) is 0 Å². The standard InChI is InChI=1S/C14H16ClN3O/c1-16-12(13-9-17-5-6-18-13)8-10-7-11(15)3-4-14(10)19-2/h3-7,9,12,16H,8H2,1-2H3. The van der Waals surface area contributed by atoms with Gasteiger partial charge in [0.25, 0.3) is 0 Å². The van der Waals surface area contributed by atoms with Crippen LogP contribution in [0.5, 0.6) is 5.75 Å². The van der Waals surface area contributed by atoms with Crippen LogP contribution in [0.2, 0.25) is 5.02 Å². The second kappa shape index (κ2) is 6.50. The van der Waals surface area contributed by atoms with Crippen LogP contribution in [0.1, 0.15) is 17.3 Å². The van der Waals surface area contributed by atoms with Gasteiger partial charge in [-0.05, 0) is 37.2 Å². The van der Waals surface area contributed by atoms with E-state index in [0.717, 1.165) is 23.4 Å². The summed E-state index contributed by atoms with van der Waals surface area (Å²) in [6.45, 7) is 0. The van der Waals surface area contributed by atoms with Gasteiger partial charge in [0.1, 0.15) is 5.75 Å². The molecule has 1 aromatic carbocycles. The van der Waals surface area contributed by atoms with E-state index in [1.807, 2.05) is 25.2 Å². The quantitative estimate of drug-likeness (QED) is 0.913. The van der Waals surface area contributed by atoms with Crippen molar-refractivity contribution in [3.8, 4) is 5.75 Å². The van der Waals surface area contributed by atoms with Gasteiger partial charge in [-0.1, -0.05) is 11.6 Å². The number of methoxy groups -OCH3 is 1. The van der Waals surface area contributed by atoms with E-state index >= 15 is 0 Å². The smallest absolute Gasteiger partial charge is 0.122 e. The van der Waals surface area contributed by atoms with E-state index in [2.05, 4.69) is 15.3 Å². The van der Waals surface area contributed by atoms with Crippen LogP contribution in [-0.4, -0.2) is 24.1 Å². The predicted molar refractivity (Wildman–Crippen MR) is 75.5 cm³/mol. The predicted octanol–water partition coefficient (Wildman–Crippen LogP) is 2.64. The Balaban J connectivity index is 2.26. The fraction of sp³-hybridized carbons (Fsp3) is 0.286. The second-order valence-electron chi connectivity index (χ2n) is 4.13. The Morgan fingerprint density at radius 1 is 1.37 bits per heavy atom. The average molecular weight is 278 g/mol. The zero-order valence-corrected chi connectivity index (χ0v) is 11.7. The van der Waals surface area contributed by atoms with Crippen molar-refractivity contribution in [3.63, 3.8) is 0 Å². The topological polar surface area (TPSA) is 47.0 Å². The first-order chi connectivity index (χ1) is 9.24. The molecule has 0 saturated heterocycles. The fourth-order valence-electron chi connectivity index (χ4n) is 1.97. The summed E-state index contributed by atoms with van der Waals surface area (Å²) in [6, 6.07) is 5.68. The zero-order valence-electron chi connectivity index (χ0n) is 10.9. The minimum Gasteiger partial charge on any atom is -0.496 e. The second-order valence-corrected chi connectivity index (χ2v) is 4.57. The summed E-state index contributed by atoms with van der Waals surface area (Å²) in [4.78, 5) is 8.42. The normalized spacial score (nSPS) is 12.2. The lowest BCUT2D eigenvalue weighted by Gasteiger charge is -2.17. The van der Waals surface area contributed by atoms with Crippen LogP contribution in [0.4, 0.5) is 0 Å². The van der Waals surface area contributed by atoms with Gasteiger partial charge in [0.2, 0.25) is 0 Å². The number of ether oxygens (including phenoxy) is 1. The summed E-state index contributed by atoms with van der Waals surface area (Å²) in [5.74, 6) is 0.827. The lowest BCUT2D eigenvalue weighted by Crippen LogP contribution is -2.20. The summed E-state index contributed by atoms with van der Waals surface area (Å²) < 4.78 is 5.36. The van der Waals surface area contributed by atoms with Crippen LogP contribution in [0.15, 0.2) is 36.8 Å². The highest BCUT2D eigenvalue weighted by Gasteiger charge is 2.14. The van der Waals surface area contributed by atoms with Crippen molar-refractivity contribution in [3.05, 3.63) is 53.1 Å². The number of nitrogens with zero attached hydrogens (tertiary/aromatic N) is 2. The molecule has 100 valence electrons. The number of rotatable bonds is 5. The number of likely N-dealkylation sites (N-methyl/N-ethyl adjacent to an activating group) is 1. The summed E-state index contributed by atoms with van der Waals surface area (Å²) in [5.41, 5.74) is 1.94. The fourth-order valence-corrected chi connectivity index (χ4v) is 2.17. The molecule has 4 nitrogen and oxygen atoms in total. The maximum absolute atomic E-state index is 6.04. The first-order valence-electron chi connectivity index (χ1n) is 6.00. The first-order valence-corrected chi connectivity index (χ1v) is 6.38. The molecule has 0 aliphatic rings. The summed E-state index contributed by atoms with van der Waals surface area (Å²) in [6.07, 6.45) is 5.85. The van der Waals surface area contributed by atoms with Gasteiger partial charge >= 0.3 is 0 Å². The Labute approximate surface area is 117 Å². The van der Waals surface area contributed by atoms with Crippen LogP contribution in [0, 0.1) is 0 Å². The molecule has 1 N–H and O–H groups in total. The van der Waals surface area contributed by atoms with E-state index in [-0.39, 0.29) is 6.04 Å². The molecule has 0 fully saturated rings. The third-order valence-corrected chi connectivity index (χ3v) is 3.19. The summed E-state index contributed by atoms with van der Waals surface area (Å²) in [5, 5.41) is 3.94. The van der Waals surface area contributed by atoms with E-state index in [0.29, 0.717) is 5.02 Å². The van der Waals surface area contributed by atoms with Crippen LogP contribution in [0.25, 0.3) is 0 Å². The molecule has 0 saturated carbocycles. The SMILES string of the molecule is CNC(Cc1cc(Cl)ccc1OC)c1cnccn1. The number of hydrogen-bond acceptors (Lipinski definition) is 4. The monoisotopic (exact) mass is 277 g/mol. The Bertz CT molecular complexity index is 533. The third kappa shape index (κ3) is 3.43. The van der Waals surface area contributed by atoms with Gasteiger partial charge in [-0.3, -0.25) is 9.97 Å². The molecule has 2 rings (SSSR count). The Kier molecular flexibility index (Phi) is 4.71. The number of nitrogens with one attached hydrogen (secondary N) is 1. The number of aromatic nitrogens is 2. The van der Waals surface area contributed by atoms with Crippen molar-refractivity contribution in [1.82, 2.24) is 15.3 Å². The maximum atomic E-state index is 6.04. The molecule has 0 aliphatic carbocycles. The van der Waals surface area contributed by atoms with Crippen molar-refractivity contribution >= 4 is 11.6 Å². The molecular formula is C14H16ClN3O. The van der Waals surface area contributed by atoms with E-state index in [1.165, 1.54) is 0 Å². The molecule has 2 aromatic rings. The molecule has 0 spiro atoms. The molecule has 5 heteroatoms. The van der Waals surface area contributed by atoms with Crippen LogP contribution < -0.4 is 10.1 Å².